The van der Waals surface area contributed by atoms with Crippen molar-refractivity contribution in [3.63, 3.8) is 0 Å². The molecule has 0 unspecified atom stereocenters. The molecule has 9 nitrogen and oxygen atoms in total. The number of fused-ring (bicyclic) bond motifs is 3. The van der Waals surface area contributed by atoms with Gasteiger partial charge in [0.15, 0.2) is 11.5 Å². The minimum atomic E-state index is -0.578. The lowest BCUT2D eigenvalue weighted by atomic mass is 9.98. The number of rotatable bonds is 7. The second-order valence-corrected chi connectivity index (χ2v) is 8.64. The molecule has 0 saturated heterocycles. The zero-order valence-corrected chi connectivity index (χ0v) is 20.8. The van der Waals surface area contributed by atoms with E-state index in [1.807, 2.05) is 54.7 Å². The van der Waals surface area contributed by atoms with Gasteiger partial charge in [0.05, 0.1) is 32.7 Å². The third-order valence-corrected chi connectivity index (χ3v) is 6.42. The third-order valence-electron chi connectivity index (χ3n) is 6.18. The van der Waals surface area contributed by atoms with Crippen LogP contribution in [-0.2, 0) is 16.0 Å². The maximum absolute atomic E-state index is 11.8. The summed E-state index contributed by atoms with van der Waals surface area (Å²) < 4.78 is 26.6. The average Bonchev–Trinajstić information content (AvgIpc) is 3.56. The van der Waals surface area contributed by atoms with E-state index in [1.54, 1.807) is 18.9 Å². The molecule has 2 aromatic heterocycles. The summed E-state index contributed by atoms with van der Waals surface area (Å²) in [5, 5.41) is 4.83. The summed E-state index contributed by atoms with van der Waals surface area (Å²) in [5.41, 5.74) is 3.68. The van der Waals surface area contributed by atoms with Gasteiger partial charge in [-0.25, -0.2) is 9.78 Å². The van der Waals surface area contributed by atoms with Gasteiger partial charge >= 0.3 is 5.97 Å². The first kappa shape index (κ1) is 23.9. The number of methoxy groups -OCH3 is 3. The van der Waals surface area contributed by atoms with Crippen molar-refractivity contribution in [1.82, 2.24) is 19.3 Å². The predicted octanol–water partition coefficient (Wildman–Crippen LogP) is 4.78. The Balaban J connectivity index is 1.56. The Morgan fingerprint density at radius 3 is 2.72 bits per heavy atom. The molecule has 1 aliphatic rings. The van der Waals surface area contributed by atoms with Crippen molar-refractivity contribution in [3.05, 3.63) is 88.7 Å². The molecule has 1 aliphatic heterocycles. The number of hydrogen-bond donors (Lipinski definition) is 0. The highest BCUT2D eigenvalue weighted by Crippen LogP contribution is 2.46. The standard InChI is InChI=1S/C26H25ClN4O5/c1-33-22-8-4-6-17(24(22)34-2)23-18-14-16(27)9-10-19(18)31-12-5-7-20(31)21(36-23)11-13-30-15-28-25(29-30)26(32)35-3/h4-10,12,14-15,21,23H,11,13H2,1-3H3/t21-,23-/m1/s1. The Morgan fingerprint density at radius 1 is 1.08 bits per heavy atom. The van der Waals surface area contributed by atoms with Crippen LogP contribution >= 0.6 is 11.6 Å². The normalized spacial score (nSPS) is 16.6. The number of carbonyl (C=O) groups excluding carboxylic acids is 1. The van der Waals surface area contributed by atoms with E-state index >= 15 is 0 Å². The molecule has 0 bridgehead atoms. The molecule has 186 valence electrons. The van der Waals surface area contributed by atoms with Crippen LogP contribution in [0.25, 0.3) is 5.69 Å². The van der Waals surface area contributed by atoms with Crippen molar-refractivity contribution in [2.24, 2.45) is 0 Å². The molecular weight excluding hydrogens is 484 g/mol. The highest BCUT2D eigenvalue weighted by atomic mass is 35.5. The van der Waals surface area contributed by atoms with Crippen molar-refractivity contribution >= 4 is 17.6 Å². The van der Waals surface area contributed by atoms with Gasteiger partial charge in [0.1, 0.15) is 18.5 Å². The van der Waals surface area contributed by atoms with Crippen molar-refractivity contribution in [2.45, 2.75) is 25.2 Å². The number of ether oxygens (including phenoxy) is 4. The number of benzene rings is 2. The number of para-hydroxylation sites is 1. The fourth-order valence-corrected chi connectivity index (χ4v) is 4.73. The number of hydrogen-bond acceptors (Lipinski definition) is 7. The van der Waals surface area contributed by atoms with E-state index in [1.165, 1.54) is 13.4 Å². The van der Waals surface area contributed by atoms with Crippen molar-refractivity contribution in [2.75, 3.05) is 21.3 Å². The fourth-order valence-electron chi connectivity index (χ4n) is 4.55. The third kappa shape index (κ3) is 4.31. The molecule has 4 aromatic rings. The minimum absolute atomic E-state index is 0.0173. The van der Waals surface area contributed by atoms with Crippen LogP contribution in [0.3, 0.4) is 0 Å². The molecule has 0 aliphatic carbocycles. The maximum Gasteiger partial charge on any atom is 0.377 e. The Labute approximate surface area is 213 Å². The first-order chi connectivity index (χ1) is 17.5. The molecule has 0 N–H and O–H groups in total. The lowest BCUT2D eigenvalue weighted by Gasteiger charge is -2.25. The Hall–Kier alpha value is -3.82. The van der Waals surface area contributed by atoms with Gasteiger partial charge in [0.25, 0.3) is 5.82 Å². The summed E-state index contributed by atoms with van der Waals surface area (Å²) in [6.07, 6.45) is 3.28. The van der Waals surface area contributed by atoms with Crippen molar-refractivity contribution in [3.8, 4) is 17.2 Å². The Morgan fingerprint density at radius 2 is 1.94 bits per heavy atom. The highest BCUT2D eigenvalue weighted by Gasteiger charge is 2.33. The predicted molar refractivity (Wildman–Crippen MR) is 132 cm³/mol. The topological polar surface area (TPSA) is 89.6 Å². The summed E-state index contributed by atoms with van der Waals surface area (Å²) in [6.45, 7) is 0.471. The van der Waals surface area contributed by atoms with Crippen LogP contribution < -0.4 is 9.47 Å². The molecule has 0 saturated carbocycles. The van der Waals surface area contributed by atoms with E-state index in [9.17, 15) is 4.79 Å². The summed E-state index contributed by atoms with van der Waals surface area (Å²) in [7, 11) is 4.52. The highest BCUT2D eigenvalue weighted by molar-refractivity contribution is 6.30. The van der Waals surface area contributed by atoms with Gasteiger partial charge in [-0.3, -0.25) is 4.68 Å². The molecule has 0 amide bonds. The molecule has 0 fully saturated rings. The first-order valence-corrected chi connectivity index (χ1v) is 11.7. The molecule has 36 heavy (non-hydrogen) atoms. The van der Waals surface area contributed by atoms with Crippen LogP contribution in [0.2, 0.25) is 5.02 Å². The van der Waals surface area contributed by atoms with Gasteiger partial charge in [-0.1, -0.05) is 23.7 Å². The number of aryl methyl sites for hydroxylation is 1. The second-order valence-electron chi connectivity index (χ2n) is 8.21. The lowest BCUT2D eigenvalue weighted by molar-refractivity contribution is -0.00170. The molecule has 2 atom stereocenters. The summed E-state index contributed by atoms with van der Waals surface area (Å²) in [6, 6.07) is 15.5. The number of carbonyl (C=O) groups is 1. The molecule has 0 radical (unpaired) electrons. The molecule has 2 aromatic carbocycles. The molecular formula is C26H25ClN4O5. The van der Waals surface area contributed by atoms with Crippen LogP contribution in [0.5, 0.6) is 11.5 Å². The van der Waals surface area contributed by atoms with Crippen LogP contribution in [-0.4, -0.2) is 46.6 Å². The largest absolute Gasteiger partial charge is 0.493 e. The average molecular weight is 509 g/mol. The summed E-state index contributed by atoms with van der Waals surface area (Å²) >= 11 is 6.46. The zero-order chi connectivity index (χ0) is 25.2. The molecule has 0 spiro atoms. The van der Waals surface area contributed by atoms with Crippen molar-refractivity contribution < 1.29 is 23.7 Å². The zero-order valence-electron chi connectivity index (χ0n) is 20.1. The van der Waals surface area contributed by atoms with Gasteiger partial charge < -0.3 is 23.5 Å². The second kappa shape index (κ2) is 10.0. The molecule has 10 heteroatoms. The molecule has 3 heterocycles. The van der Waals surface area contributed by atoms with E-state index in [0.29, 0.717) is 29.5 Å². The van der Waals surface area contributed by atoms with Gasteiger partial charge in [0, 0.05) is 28.9 Å². The Bertz CT molecular complexity index is 1400. The van der Waals surface area contributed by atoms with E-state index in [0.717, 1.165) is 22.5 Å². The van der Waals surface area contributed by atoms with Gasteiger partial charge in [-0.05, 0) is 42.8 Å². The number of aromatic nitrogens is 4. The number of halogens is 1. The van der Waals surface area contributed by atoms with Crippen LogP contribution in [0, 0.1) is 0 Å². The van der Waals surface area contributed by atoms with Gasteiger partial charge in [-0.2, -0.15) is 0 Å². The number of nitrogens with zero attached hydrogens (tertiary/aromatic N) is 4. The van der Waals surface area contributed by atoms with E-state index in [2.05, 4.69) is 14.6 Å². The quantitative estimate of drug-likeness (QED) is 0.332. The number of esters is 1. The summed E-state index contributed by atoms with van der Waals surface area (Å²) in [4.78, 5) is 15.8. The van der Waals surface area contributed by atoms with E-state index in [4.69, 9.17) is 30.5 Å². The van der Waals surface area contributed by atoms with Crippen molar-refractivity contribution in [1.29, 1.82) is 0 Å². The Kier molecular flexibility index (Phi) is 6.67. The minimum Gasteiger partial charge on any atom is -0.493 e. The monoisotopic (exact) mass is 508 g/mol. The van der Waals surface area contributed by atoms with Gasteiger partial charge in [-0.15, -0.1) is 5.10 Å². The smallest absolute Gasteiger partial charge is 0.377 e. The van der Waals surface area contributed by atoms with E-state index in [-0.39, 0.29) is 11.9 Å². The van der Waals surface area contributed by atoms with Crippen LogP contribution in [0.1, 0.15) is 46.1 Å². The summed E-state index contributed by atoms with van der Waals surface area (Å²) in [5.74, 6) is 0.648. The lowest BCUT2D eigenvalue weighted by Crippen LogP contribution is -2.14. The fraction of sp³-hybridized carbons (Fsp3) is 0.269. The van der Waals surface area contributed by atoms with E-state index < -0.39 is 12.1 Å². The van der Waals surface area contributed by atoms with Crippen LogP contribution in [0.15, 0.2) is 61.1 Å². The van der Waals surface area contributed by atoms with Gasteiger partial charge in [0.2, 0.25) is 0 Å². The first-order valence-electron chi connectivity index (χ1n) is 11.3. The SMILES string of the molecule is COC(=O)c1ncn(CC[C@H]2O[C@H](c3cccc(OC)c3OC)c3cc(Cl)ccc3-n3cccc32)n1. The van der Waals surface area contributed by atoms with Crippen LogP contribution in [0.4, 0.5) is 0 Å². The maximum atomic E-state index is 11.8. The molecule has 5 rings (SSSR count).